The first-order valence-corrected chi connectivity index (χ1v) is 7.94. The van der Waals surface area contributed by atoms with Gasteiger partial charge in [0.2, 0.25) is 0 Å². The van der Waals surface area contributed by atoms with Crippen molar-refractivity contribution in [1.29, 1.82) is 0 Å². The first kappa shape index (κ1) is 12.7. The third-order valence-electron chi connectivity index (χ3n) is 6.14. The number of fused-ring (bicyclic) bond motifs is 2. The van der Waals surface area contributed by atoms with Crippen LogP contribution in [-0.4, -0.2) is 10.4 Å². The molecule has 2 heteroatoms. The predicted molar refractivity (Wildman–Crippen MR) is 77.7 cm³/mol. The van der Waals surface area contributed by atoms with Crippen LogP contribution in [0, 0.1) is 16.7 Å². The maximum absolute atomic E-state index is 11.4. The fourth-order valence-electron chi connectivity index (χ4n) is 4.51. The highest BCUT2D eigenvalue weighted by Gasteiger charge is 2.70. The van der Waals surface area contributed by atoms with Crippen molar-refractivity contribution in [3.63, 3.8) is 0 Å². The lowest BCUT2D eigenvalue weighted by atomic mass is 9.62. The lowest BCUT2D eigenvalue weighted by molar-refractivity contribution is -0.0946. The van der Waals surface area contributed by atoms with Crippen LogP contribution in [0.5, 0.6) is 0 Å². The Hall–Kier alpha value is -0.340. The van der Waals surface area contributed by atoms with Gasteiger partial charge in [-0.2, -0.15) is 0 Å². The van der Waals surface area contributed by atoms with Crippen LogP contribution in [0.25, 0.3) is 0 Å². The lowest BCUT2D eigenvalue weighted by Gasteiger charge is -2.46. The Morgan fingerprint density at radius 2 is 1.94 bits per heavy atom. The molecule has 2 aliphatic carbocycles. The summed E-state index contributed by atoms with van der Waals surface area (Å²) < 4.78 is 0. The van der Waals surface area contributed by atoms with Gasteiger partial charge in [-0.05, 0) is 36.2 Å². The Kier molecular flexibility index (Phi) is 2.70. The van der Waals surface area contributed by atoms with E-state index in [0.29, 0.717) is 5.92 Å². The molecule has 3 rings (SSSR count). The Morgan fingerprint density at radius 1 is 1.28 bits per heavy atom. The molecule has 0 radical (unpaired) electrons. The van der Waals surface area contributed by atoms with Crippen LogP contribution in [0.2, 0.25) is 0 Å². The van der Waals surface area contributed by atoms with Crippen molar-refractivity contribution in [1.82, 2.24) is 0 Å². The van der Waals surface area contributed by atoms with E-state index in [4.69, 9.17) is 0 Å². The smallest absolute Gasteiger partial charge is 0.0958 e. The number of rotatable bonds is 2. The summed E-state index contributed by atoms with van der Waals surface area (Å²) in [6.07, 6.45) is 3.30. The molecule has 1 N–H and O–H groups in total. The second-order valence-corrected chi connectivity index (χ2v) is 7.11. The summed E-state index contributed by atoms with van der Waals surface area (Å²) in [6.45, 7) is 4.63. The van der Waals surface area contributed by atoms with Crippen molar-refractivity contribution in [3.05, 3.63) is 35.9 Å². The summed E-state index contributed by atoms with van der Waals surface area (Å²) in [5.41, 5.74) is 0.633. The Bertz CT molecular complexity index is 459. The van der Waals surface area contributed by atoms with E-state index in [1.807, 2.05) is 18.2 Å². The van der Waals surface area contributed by atoms with Gasteiger partial charge in [0.25, 0.3) is 0 Å². The summed E-state index contributed by atoms with van der Waals surface area (Å²) in [5, 5.41) is 12.3. The van der Waals surface area contributed by atoms with Crippen LogP contribution in [0.3, 0.4) is 0 Å². The summed E-state index contributed by atoms with van der Waals surface area (Å²) in [6, 6.07) is 10.3. The van der Waals surface area contributed by atoms with E-state index < -0.39 is 5.60 Å². The van der Waals surface area contributed by atoms with Crippen molar-refractivity contribution in [2.45, 2.75) is 38.7 Å². The third-order valence-corrected chi connectivity index (χ3v) is 7.30. The number of benzene rings is 1. The van der Waals surface area contributed by atoms with E-state index in [0.717, 1.165) is 23.7 Å². The van der Waals surface area contributed by atoms with Crippen LogP contribution < -0.4 is 0 Å². The number of hydrogen-bond donors (Lipinski definition) is 1. The number of halogens is 1. The fraction of sp³-hybridized carbons (Fsp3) is 0.625. The van der Waals surface area contributed by atoms with Gasteiger partial charge in [0.15, 0.2) is 0 Å². The van der Waals surface area contributed by atoms with Crippen LogP contribution >= 0.6 is 15.9 Å². The monoisotopic (exact) mass is 308 g/mol. The summed E-state index contributed by atoms with van der Waals surface area (Å²) in [7, 11) is 0. The average molecular weight is 309 g/mol. The molecule has 4 atom stereocenters. The Morgan fingerprint density at radius 3 is 2.50 bits per heavy atom. The van der Waals surface area contributed by atoms with Gasteiger partial charge in [0.05, 0.1) is 5.60 Å². The molecule has 0 heterocycles. The molecule has 0 aliphatic heterocycles. The van der Waals surface area contributed by atoms with Crippen LogP contribution in [0.1, 0.15) is 38.7 Å². The van der Waals surface area contributed by atoms with Gasteiger partial charge in [-0.25, -0.2) is 0 Å². The average Bonchev–Trinajstić information content (AvgIpc) is 2.74. The molecule has 2 aliphatic rings. The highest BCUT2D eigenvalue weighted by Crippen LogP contribution is 2.73. The largest absolute Gasteiger partial charge is 0.385 e. The van der Waals surface area contributed by atoms with Crippen molar-refractivity contribution in [2.24, 2.45) is 16.7 Å². The predicted octanol–water partition coefficient (Wildman–Crippen LogP) is 4.10. The molecule has 0 aromatic heterocycles. The molecule has 0 saturated heterocycles. The third kappa shape index (κ3) is 1.26. The molecule has 18 heavy (non-hydrogen) atoms. The first-order chi connectivity index (χ1) is 8.48. The maximum Gasteiger partial charge on any atom is 0.0958 e. The standard InChI is InChI=1S/C16H21BrO/c1-14(11-17)13-8-9-15(14,2)16(18,10-13)12-6-4-3-5-7-12/h3-7,13,18H,8-11H2,1-2H3/t13-,14?,15-,16+/m1/s1. The highest BCUT2D eigenvalue weighted by atomic mass is 79.9. The van der Waals surface area contributed by atoms with Gasteiger partial charge in [-0.3, -0.25) is 0 Å². The first-order valence-electron chi connectivity index (χ1n) is 6.82. The van der Waals surface area contributed by atoms with Crippen molar-refractivity contribution in [2.75, 3.05) is 5.33 Å². The van der Waals surface area contributed by atoms with Gasteiger partial charge in [0, 0.05) is 10.7 Å². The number of aliphatic hydroxyl groups is 1. The molecule has 1 nitrogen and oxygen atoms in total. The van der Waals surface area contributed by atoms with Gasteiger partial charge in [-0.15, -0.1) is 0 Å². The van der Waals surface area contributed by atoms with Gasteiger partial charge >= 0.3 is 0 Å². The maximum atomic E-state index is 11.4. The van der Waals surface area contributed by atoms with E-state index in [9.17, 15) is 5.11 Å². The van der Waals surface area contributed by atoms with Crippen molar-refractivity contribution < 1.29 is 5.11 Å². The molecule has 1 aromatic rings. The van der Waals surface area contributed by atoms with Crippen molar-refractivity contribution >= 4 is 15.9 Å². The van der Waals surface area contributed by atoms with Gasteiger partial charge < -0.3 is 5.11 Å². The van der Waals surface area contributed by atoms with Gasteiger partial charge in [-0.1, -0.05) is 60.1 Å². The van der Waals surface area contributed by atoms with E-state index >= 15 is 0 Å². The molecule has 1 unspecified atom stereocenters. The quantitative estimate of drug-likeness (QED) is 0.816. The van der Waals surface area contributed by atoms with E-state index in [2.05, 4.69) is 41.9 Å². The molecule has 2 fully saturated rings. The second kappa shape index (κ2) is 3.83. The molecule has 1 aromatic carbocycles. The van der Waals surface area contributed by atoms with Gasteiger partial charge in [0.1, 0.15) is 0 Å². The second-order valence-electron chi connectivity index (χ2n) is 6.55. The zero-order valence-electron chi connectivity index (χ0n) is 11.1. The van der Waals surface area contributed by atoms with E-state index in [-0.39, 0.29) is 10.8 Å². The number of alkyl halides is 1. The van der Waals surface area contributed by atoms with Crippen LogP contribution in [-0.2, 0) is 5.60 Å². The summed E-state index contributed by atoms with van der Waals surface area (Å²) in [4.78, 5) is 0. The minimum Gasteiger partial charge on any atom is -0.385 e. The Balaban J connectivity index is 2.12. The zero-order chi connectivity index (χ0) is 13.0. The van der Waals surface area contributed by atoms with Crippen molar-refractivity contribution in [3.8, 4) is 0 Å². The van der Waals surface area contributed by atoms with E-state index in [1.165, 1.54) is 6.42 Å². The normalized spacial score (nSPS) is 46.6. The Labute approximate surface area is 118 Å². The minimum atomic E-state index is -0.653. The summed E-state index contributed by atoms with van der Waals surface area (Å²) in [5.74, 6) is 0.632. The van der Waals surface area contributed by atoms with Crippen LogP contribution in [0.4, 0.5) is 0 Å². The van der Waals surface area contributed by atoms with E-state index in [1.54, 1.807) is 0 Å². The fourth-order valence-corrected chi connectivity index (χ4v) is 5.59. The lowest BCUT2D eigenvalue weighted by Crippen LogP contribution is -2.46. The molecule has 98 valence electrons. The molecule has 2 bridgehead atoms. The molecule has 2 saturated carbocycles. The highest BCUT2D eigenvalue weighted by molar-refractivity contribution is 9.09. The molecule has 0 spiro atoms. The summed E-state index contributed by atoms with van der Waals surface area (Å²) >= 11 is 3.70. The van der Waals surface area contributed by atoms with Crippen LogP contribution in [0.15, 0.2) is 30.3 Å². The molecule has 0 amide bonds. The molecular weight excluding hydrogens is 288 g/mol. The molecular formula is C16H21BrO. The minimum absolute atomic E-state index is 0.0183. The topological polar surface area (TPSA) is 20.2 Å². The number of hydrogen-bond acceptors (Lipinski definition) is 1. The SMILES string of the molecule is CC1(CBr)[C@@H]2CC[C@@]1(C)[C@@](O)(c1ccccc1)C2. The zero-order valence-corrected chi connectivity index (χ0v) is 12.7.